The molecule has 22 heavy (non-hydrogen) atoms. The molecule has 0 bridgehead atoms. The van der Waals surface area contributed by atoms with E-state index in [0.29, 0.717) is 12.2 Å². The van der Waals surface area contributed by atoms with Crippen molar-refractivity contribution in [3.05, 3.63) is 18.0 Å². The van der Waals surface area contributed by atoms with Crippen LogP contribution in [0.4, 0.5) is 0 Å². The van der Waals surface area contributed by atoms with Crippen molar-refractivity contribution in [3.63, 3.8) is 0 Å². The minimum Gasteiger partial charge on any atom is -0.364 e. The van der Waals surface area contributed by atoms with Crippen LogP contribution in [0.2, 0.25) is 0 Å². The Morgan fingerprint density at radius 2 is 2.23 bits per heavy atom. The van der Waals surface area contributed by atoms with E-state index in [4.69, 9.17) is 5.73 Å². The first-order valence-corrected chi connectivity index (χ1v) is 9.01. The van der Waals surface area contributed by atoms with Gasteiger partial charge in [-0.05, 0) is 25.3 Å². The van der Waals surface area contributed by atoms with E-state index in [2.05, 4.69) is 19.7 Å². The summed E-state index contributed by atoms with van der Waals surface area (Å²) in [7, 11) is -3.48. The van der Waals surface area contributed by atoms with E-state index in [-0.39, 0.29) is 36.6 Å². The Kier molecular flexibility index (Phi) is 5.92. The molecule has 1 aromatic rings. The monoisotopic (exact) mass is 330 g/mol. The highest BCUT2D eigenvalue weighted by atomic mass is 32.2. The summed E-state index contributed by atoms with van der Waals surface area (Å²) in [6.07, 6.45) is 4.18. The molecular weight excluding hydrogens is 308 g/mol. The molecule has 124 valence electrons. The van der Waals surface area contributed by atoms with Crippen molar-refractivity contribution in [2.24, 2.45) is 17.6 Å². The van der Waals surface area contributed by atoms with Crippen LogP contribution in [0.1, 0.15) is 25.0 Å². The van der Waals surface area contributed by atoms with Gasteiger partial charge in [-0.2, -0.15) is 0 Å². The van der Waals surface area contributed by atoms with Crippen LogP contribution in [0.25, 0.3) is 0 Å². The predicted octanol–water partition coefficient (Wildman–Crippen LogP) is -0.415. The fourth-order valence-corrected chi connectivity index (χ4v) is 3.80. The second kappa shape index (κ2) is 7.70. The van der Waals surface area contributed by atoms with Crippen molar-refractivity contribution in [1.82, 2.24) is 15.2 Å². The minimum atomic E-state index is -3.48. The SMILES string of the molecule is NC[C@H]1CCC[C@H]1C(=O)NCCNS(=O)(=O)Cc1ccon1. The number of nitrogens with two attached hydrogens (primary N) is 1. The van der Waals surface area contributed by atoms with Crippen LogP contribution in [0.3, 0.4) is 0 Å². The fraction of sp³-hybridized carbons (Fsp3) is 0.692. The number of carbonyl (C=O) groups is 1. The van der Waals surface area contributed by atoms with E-state index in [1.807, 2.05) is 0 Å². The molecule has 4 N–H and O–H groups in total. The summed E-state index contributed by atoms with van der Waals surface area (Å²) >= 11 is 0. The van der Waals surface area contributed by atoms with Crippen LogP contribution in [-0.2, 0) is 20.6 Å². The molecule has 1 aromatic heterocycles. The Morgan fingerprint density at radius 1 is 1.41 bits per heavy atom. The maximum absolute atomic E-state index is 12.0. The molecule has 8 nitrogen and oxygen atoms in total. The second-order valence-electron chi connectivity index (χ2n) is 5.47. The Bertz CT molecular complexity index is 573. The smallest absolute Gasteiger partial charge is 0.223 e. The van der Waals surface area contributed by atoms with E-state index in [1.54, 1.807) is 0 Å². The lowest BCUT2D eigenvalue weighted by Crippen LogP contribution is -2.39. The first-order valence-electron chi connectivity index (χ1n) is 7.36. The van der Waals surface area contributed by atoms with Gasteiger partial charge in [0.15, 0.2) is 0 Å². The molecule has 1 fully saturated rings. The molecule has 2 rings (SSSR count). The van der Waals surface area contributed by atoms with E-state index in [0.717, 1.165) is 19.3 Å². The number of nitrogens with zero attached hydrogens (tertiary/aromatic N) is 1. The number of rotatable bonds is 8. The summed E-state index contributed by atoms with van der Waals surface area (Å²) in [5, 5.41) is 6.32. The van der Waals surface area contributed by atoms with Gasteiger partial charge in [0.25, 0.3) is 0 Å². The maximum atomic E-state index is 12.0. The third-order valence-corrected chi connectivity index (χ3v) is 5.19. The van der Waals surface area contributed by atoms with Crippen molar-refractivity contribution in [2.75, 3.05) is 19.6 Å². The molecule has 0 aromatic carbocycles. The van der Waals surface area contributed by atoms with Crippen molar-refractivity contribution in [2.45, 2.75) is 25.0 Å². The zero-order chi connectivity index (χ0) is 16.0. The fourth-order valence-electron chi connectivity index (χ4n) is 2.75. The second-order valence-corrected chi connectivity index (χ2v) is 7.28. The van der Waals surface area contributed by atoms with E-state index in [1.165, 1.54) is 12.3 Å². The molecule has 0 unspecified atom stereocenters. The molecule has 0 spiro atoms. The topological polar surface area (TPSA) is 127 Å². The summed E-state index contributed by atoms with van der Waals surface area (Å²) in [6, 6.07) is 1.49. The van der Waals surface area contributed by atoms with E-state index in [9.17, 15) is 13.2 Å². The van der Waals surface area contributed by atoms with Gasteiger partial charge in [-0.25, -0.2) is 13.1 Å². The van der Waals surface area contributed by atoms with Crippen molar-refractivity contribution < 1.29 is 17.7 Å². The number of amides is 1. The van der Waals surface area contributed by atoms with Gasteiger partial charge >= 0.3 is 0 Å². The third kappa shape index (κ3) is 4.79. The molecule has 1 heterocycles. The zero-order valence-electron chi connectivity index (χ0n) is 12.3. The average molecular weight is 330 g/mol. The average Bonchev–Trinajstić information content (AvgIpc) is 3.13. The van der Waals surface area contributed by atoms with Crippen molar-refractivity contribution in [3.8, 4) is 0 Å². The lowest BCUT2D eigenvalue weighted by Gasteiger charge is -2.17. The number of nitrogens with one attached hydrogen (secondary N) is 2. The molecule has 0 aliphatic heterocycles. The predicted molar refractivity (Wildman–Crippen MR) is 80.0 cm³/mol. The Morgan fingerprint density at radius 3 is 2.91 bits per heavy atom. The Balaban J connectivity index is 1.69. The van der Waals surface area contributed by atoms with Crippen LogP contribution < -0.4 is 15.8 Å². The quantitative estimate of drug-likeness (QED) is 0.556. The highest BCUT2D eigenvalue weighted by molar-refractivity contribution is 7.88. The summed E-state index contributed by atoms with van der Waals surface area (Å²) in [5.41, 5.74) is 5.99. The molecule has 1 aliphatic rings. The molecule has 0 saturated heterocycles. The molecule has 0 radical (unpaired) electrons. The molecular formula is C13H22N4O4S. The number of hydrogen-bond donors (Lipinski definition) is 3. The van der Waals surface area contributed by atoms with Gasteiger partial charge in [0.2, 0.25) is 15.9 Å². The first kappa shape index (κ1) is 16.9. The summed E-state index contributed by atoms with van der Waals surface area (Å²) in [5.74, 6) is -0.0840. The Hall–Kier alpha value is -1.45. The van der Waals surface area contributed by atoms with Crippen molar-refractivity contribution >= 4 is 15.9 Å². The highest BCUT2D eigenvalue weighted by Gasteiger charge is 2.31. The molecule has 9 heteroatoms. The van der Waals surface area contributed by atoms with Crippen molar-refractivity contribution in [1.29, 1.82) is 0 Å². The van der Waals surface area contributed by atoms with Gasteiger partial charge in [-0.1, -0.05) is 11.6 Å². The van der Waals surface area contributed by atoms with Gasteiger partial charge in [0.1, 0.15) is 12.0 Å². The summed E-state index contributed by atoms with van der Waals surface area (Å²) in [4.78, 5) is 12.0. The van der Waals surface area contributed by atoms with E-state index < -0.39 is 10.0 Å². The number of aromatic nitrogens is 1. The number of hydrogen-bond acceptors (Lipinski definition) is 6. The van der Waals surface area contributed by atoms with Gasteiger partial charge in [0, 0.05) is 25.1 Å². The number of sulfonamides is 1. The van der Waals surface area contributed by atoms with Gasteiger partial charge in [0.05, 0.1) is 5.69 Å². The Labute approximate surface area is 129 Å². The zero-order valence-corrected chi connectivity index (χ0v) is 13.1. The molecule has 1 aliphatic carbocycles. The molecule has 2 atom stereocenters. The summed E-state index contributed by atoms with van der Waals surface area (Å²) in [6.45, 7) is 0.916. The first-order chi connectivity index (χ1) is 10.5. The standard InChI is InChI=1S/C13H22N4O4S/c14-8-10-2-1-3-12(10)13(18)15-5-6-16-22(19,20)9-11-4-7-21-17-11/h4,7,10,12,16H,1-3,5-6,8-9,14H2,(H,15,18)/t10-,12-/m1/s1. The lowest BCUT2D eigenvalue weighted by atomic mass is 9.95. The third-order valence-electron chi connectivity index (χ3n) is 3.87. The normalized spacial score (nSPS) is 21.9. The highest BCUT2D eigenvalue weighted by Crippen LogP contribution is 2.30. The van der Waals surface area contributed by atoms with E-state index >= 15 is 0 Å². The summed E-state index contributed by atoms with van der Waals surface area (Å²) < 4.78 is 30.6. The van der Waals surface area contributed by atoms with Crippen LogP contribution >= 0.6 is 0 Å². The largest absolute Gasteiger partial charge is 0.364 e. The van der Waals surface area contributed by atoms with Crippen LogP contribution in [0.5, 0.6) is 0 Å². The van der Waals surface area contributed by atoms with Crippen LogP contribution in [-0.4, -0.2) is 39.1 Å². The molecule has 1 saturated carbocycles. The van der Waals surface area contributed by atoms with Crippen LogP contribution in [0, 0.1) is 11.8 Å². The van der Waals surface area contributed by atoms with Gasteiger partial charge in [-0.15, -0.1) is 0 Å². The van der Waals surface area contributed by atoms with Gasteiger partial charge < -0.3 is 15.6 Å². The minimum absolute atomic E-state index is 0.0383. The number of carbonyl (C=O) groups excluding carboxylic acids is 1. The lowest BCUT2D eigenvalue weighted by molar-refractivity contribution is -0.125. The van der Waals surface area contributed by atoms with Gasteiger partial charge in [-0.3, -0.25) is 4.79 Å². The maximum Gasteiger partial charge on any atom is 0.223 e. The van der Waals surface area contributed by atoms with Crippen LogP contribution in [0.15, 0.2) is 16.9 Å². The molecule has 1 amide bonds.